The Kier molecular flexibility index (Phi) is 6.79. The molecule has 2 aromatic carbocycles. The van der Waals surface area contributed by atoms with Crippen LogP contribution in [0.1, 0.15) is 12.5 Å². The molecular weight excluding hydrogens is 461 g/mol. The normalized spacial score (nSPS) is 13.0. The van der Waals surface area contributed by atoms with Gasteiger partial charge in [0.1, 0.15) is 5.69 Å². The monoisotopic (exact) mass is 478 g/mol. The van der Waals surface area contributed by atoms with Crippen LogP contribution in [0, 0.1) is 0 Å². The molecule has 0 saturated carbocycles. The Morgan fingerprint density at radius 3 is 2.24 bits per heavy atom. The third kappa shape index (κ3) is 5.35. The summed E-state index contributed by atoms with van der Waals surface area (Å²) in [5.74, 6) is -2.79. The molecule has 4 rings (SSSR count). The fourth-order valence-corrected chi connectivity index (χ4v) is 3.27. The van der Waals surface area contributed by atoms with Gasteiger partial charge in [-0.1, -0.05) is 42.5 Å². The molecular formula is C21H17F3N4O4S. The van der Waals surface area contributed by atoms with Crippen molar-refractivity contribution in [1.82, 2.24) is 14.6 Å². The maximum atomic E-state index is 12.9. The number of para-hydroxylation sites is 2. The van der Waals surface area contributed by atoms with Crippen LogP contribution in [-0.2, 0) is 15.2 Å². The summed E-state index contributed by atoms with van der Waals surface area (Å²) in [5, 5.41) is 19.8. The van der Waals surface area contributed by atoms with Gasteiger partial charge in [0.05, 0.1) is 16.5 Å². The highest BCUT2D eigenvalue weighted by molar-refractivity contribution is 7.07. The largest absolute Gasteiger partial charge is 0.490 e. The zero-order chi connectivity index (χ0) is 24.2. The molecule has 0 saturated heterocycles. The third-order valence-corrected chi connectivity index (χ3v) is 5.04. The molecule has 0 spiro atoms. The van der Waals surface area contributed by atoms with Crippen molar-refractivity contribution in [2.45, 2.75) is 18.7 Å². The summed E-state index contributed by atoms with van der Waals surface area (Å²) in [7, 11) is 0. The van der Waals surface area contributed by atoms with Crippen LogP contribution in [0.3, 0.4) is 0 Å². The number of benzene rings is 2. The number of carbonyl (C=O) groups excluding carboxylic acids is 1. The molecule has 0 aliphatic heterocycles. The van der Waals surface area contributed by atoms with Crippen LogP contribution >= 0.6 is 11.3 Å². The topological polar surface area (TPSA) is 117 Å². The van der Waals surface area contributed by atoms with E-state index in [2.05, 4.69) is 15.4 Å². The number of aliphatic hydroxyl groups is 1. The molecule has 4 aromatic rings. The van der Waals surface area contributed by atoms with E-state index in [1.54, 1.807) is 34.5 Å². The first-order chi connectivity index (χ1) is 15.5. The average molecular weight is 478 g/mol. The van der Waals surface area contributed by atoms with Gasteiger partial charge in [0, 0.05) is 5.38 Å². The number of halogens is 3. The summed E-state index contributed by atoms with van der Waals surface area (Å²) in [5.41, 5.74) is 5.44. The molecule has 2 heterocycles. The van der Waals surface area contributed by atoms with Crippen molar-refractivity contribution in [3.63, 3.8) is 0 Å². The molecule has 1 unspecified atom stereocenters. The first-order valence-corrected chi connectivity index (χ1v) is 10.2. The molecule has 172 valence electrons. The highest BCUT2D eigenvalue weighted by atomic mass is 32.1. The smallest absolute Gasteiger partial charge is 0.475 e. The number of fused-ring (bicyclic) bond motifs is 1. The van der Waals surface area contributed by atoms with Crippen LogP contribution in [0.15, 0.2) is 65.5 Å². The van der Waals surface area contributed by atoms with Crippen molar-refractivity contribution in [2.75, 3.05) is 5.43 Å². The summed E-state index contributed by atoms with van der Waals surface area (Å²) in [6.45, 7) is 1.47. The number of carbonyl (C=O) groups is 2. The van der Waals surface area contributed by atoms with E-state index in [9.17, 15) is 23.1 Å². The lowest BCUT2D eigenvalue weighted by molar-refractivity contribution is -0.192. The number of amides is 1. The van der Waals surface area contributed by atoms with Gasteiger partial charge in [-0.25, -0.2) is 19.4 Å². The molecule has 33 heavy (non-hydrogen) atoms. The van der Waals surface area contributed by atoms with Gasteiger partial charge in [-0.2, -0.15) is 13.2 Å². The summed E-state index contributed by atoms with van der Waals surface area (Å²) in [6, 6.07) is 16.3. The Balaban J connectivity index is 0.000000383. The minimum atomic E-state index is -5.08. The lowest BCUT2D eigenvalue weighted by atomic mass is 9.95. The van der Waals surface area contributed by atoms with Gasteiger partial charge in [-0.05, 0) is 24.6 Å². The van der Waals surface area contributed by atoms with E-state index >= 15 is 0 Å². The zero-order valence-electron chi connectivity index (χ0n) is 16.9. The van der Waals surface area contributed by atoms with E-state index in [0.29, 0.717) is 17.1 Å². The van der Waals surface area contributed by atoms with E-state index in [1.165, 1.54) is 18.3 Å². The maximum absolute atomic E-state index is 12.9. The average Bonchev–Trinajstić information content (AvgIpc) is 3.42. The summed E-state index contributed by atoms with van der Waals surface area (Å²) in [4.78, 5) is 30.6. The number of carboxylic acid groups (broad SMARTS) is 1. The first-order valence-electron chi connectivity index (χ1n) is 9.27. The van der Waals surface area contributed by atoms with E-state index in [4.69, 9.17) is 9.90 Å². The molecule has 3 N–H and O–H groups in total. The van der Waals surface area contributed by atoms with Gasteiger partial charge < -0.3 is 10.2 Å². The Labute approximate surface area is 188 Å². The fourth-order valence-electron chi connectivity index (χ4n) is 2.74. The third-order valence-electron chi connectivity index (χ3n) is 4.46. The van der Waals surface area contributed by atoms with Crippen molar-refractivity contribution in [1.29, 1.82) is 0 Å². The molecule has 1 atom stereocenters. The predicted molar refractivity (Wildman–Crippen MR) is 115 cm³/mol. The second kappa shape index (κ2) is 9.38. The van der Waals surface area contributed by atoms with Crippen LogP contribution < -0.4 is 5.43 Å². The molecule has 8 nitrogen and oxygen atoms in total. The lowest BCUT2D eigenvalue weighted by Gasteiger charge is -2.23. The molecule has 0 bridgehead atoms. The number of rotatable bonds is 4. The van der Waals surface area contributed by atoms with Crippen LogP contribution in [0.25, 0.3) is 22.6 Å². The number of nitrogens with zero attached hydrogens (tertiary/aromatic N) is 3. The summed E-state index contributed by atoms with van der Waals surface area (Å²) in [6.07, 6.45) is -5.08. The van der Waals surface area contributed by atoms with E-state index in [0.717, 1.165) is 11.0 Å². The number of nitrogens with one attached hydrogen (secondary N) is 1. The van der Waals surface area contributed by atoms with E-state index in [-0.39, 0.29) is 0 Å². The van der Waals surface area contributed by atoms with Gasteiger partial charge in [-0.15, -0.1) is 11.3 Å². The van der Waals surface area contributed by atoms with Crippen molar-refractivity contribution < 1.29 is 33.0 Å². The molecule has 2 aromatic heterocycles. The molecule has 0 aliphatic rings. The van der Waals surface area contributed by atoms with Crippen LogP contribution in [0.4, 0.5) is 13.2 Å². The Bertz CT molecular complexity index is 1260. The molecule has 12 heteroatoms. The van der Waals surface area contributed by atoms with Gasteiger partial charge >= 0.3 is 12.1 Å². The van der Waals surface area contributed by atoms with Gasteiger partial charge in [0.15, 0.2) is 11.4 Å². The number of hydrogen-bond donors (Lipinski definition) is 3. The Morgan fingerprint density at radius 2 is 1.67 bits per heavy atom. The predicted octanol–water partition coefficient (Wildman–Crippen LogP) is 3.77. The number of aliphatic carboxylic acids is 1. The van der Waals surface area contributed by atoms with Crippen molar-refractivity contribution in [2.24, 2.45) is 0 Å². The SMILES string of the molecule is CC(O)(C(=O)Nn1c(-c2cscn2)nc2ccccc21)c1ccccc1.O=C(O)C(F)(F)F. The fraction of sp³-hybridized carbons (Fsp3) is 0.143. The van der Waals surface area contributed by atoms with Gasteiger partial charge in [0.25, 0.3) is 5.91 Å². The van der Waals surface area contributed by atoms with E-state index in [1.807, 2.05) is 35.7 Å². The Hall–Kier alpha value is -3.77. The number of imidazole rings is 1. The highest BCUT2D eigenvalue weighted by Gasteiger charge is 2.38. The standard InChI is InChI=1S/C19H16N4O2S.C2HF3O2/c1-19(25,13-7-3-2-4-8-13)18(24)22-23-16-10-6-5-9-14(16)21-17(23)15-11-26-12-20-15;3-2(4,5)1(6)7/h2-12,25H,1H3,(H,22,24);(H,6,7). The van der Waals surface area contributed by atoms with Crippen molar-refractivity contribution >= 4 is 34.2 Å². The second-order valence-corrected chi connectivity index (χ2v) is 7.53. The van der Waals surface area contributed by atoms with Crippen molar-refractivity contribution in [3.8, 4) is 11.5 Å². The number of hydrogen-bond acceptors (Lipinski definition) is 6. The number of thiazole rings is 1. The first kappa shape index (κ1) is 23.9. The quantitative estimate of drug-likeness (QED) is 0.411. The molecule has 1 amide bonds. The molecule has 0 fully saturated rings. The van der Waals surface area contributed by atoms with E-state index < -0.39 is 23.7 Å². The van der Waals surface area contributed by atoms with Crippen molar-refractivity contribution in [3.05, 3.63) is 71.1 Å². The molecule has 0 radical (unpaired) electrons. The number of alkyl halides is 3. The summed E-state index contributed by atoms with van der Waals surface area (Å²) < 4.78 is 33.3. The molecule has 0 aliphatic carbocycles. The highest BCUT2D eigenvalue weighted by Crippen LogP contribution is 2.26. The maximum Gasteiger partial charge on any atom is 0.490 e. The second-order valence-electron chi connectivity index (χ2n) is 6.82. The lowest BCUT2D eigenvalue weighted by Crippen LogP contribution is -2.41. The Morgan fingerprint density at radius 1 is 1.06 bits per heavy atom. The number of aromatic nitrogens is 3. The minimum Gasteiger partial charge on any atom is -0.475 e. The van der Waals surface area contributed by atoms with Crippen LogP contribution in [-0.4, -0.2) is 42.9 Å². The van der Waals surface area contributed by atoms with Gasteiger partial charge in [0.2, 0.25) is 0 Å². The van der Waals surface area contributed by atoms with Crippen LogP contribution in [0.5, 0.6) is 0 Å². The number of carboxylic acids is 1. The minimum absolute atomic E-state index is 0.511. The summed E-state index contributed by atoms with van der Waals surface area (Å²) >= 11 is 1.45. The zero-order valence-corrected chi connectivity index (χ0v) is 17.8. The van der Waals surface area contributed by atoms with Crippen LogP contribution in [0.2, 0.25) is 0 Å². The van der Waals surface area contributed by atoms with Gasteiger partial charge in [-0.3, -0.25) is 10.2 Å².